The molecule has 0 bridgehead atoms. The van der Waals surface area contributed by atoms with Gasteiger partial charge < -0.3 is 14.7 Å². The summed E-state index contributed by atoms with van der Waals surface area (Å²) >= 11 is 0. The number of guanidine groups is 1. The van der Waals surface area contributed by atoms with Gasteiger partial charge in [0.15, 0.2) is 5.96 Å². The van der Waals surface area contributed by atoms with Crippen LogP contribution in [0.2, 0.25) is 0 Å². The van der Waals surface area contributed by atoms with Gasteiger partial charge in [-0.1, -0.05) is 17.3 Å². The van der Waals surface area contributed by atoms with Crippen molar-refractivity contribution in [2.24, 2.45) is 10.9 Å². The predicted octanol–water partition coefficient (Wildman–Crippen LogP) is 1.05. The van der Waals surface area contributed by atoms with Gasteiger partial charge in [-0.2, -0.15) is 4.31 Å². The molecule has 1 fully saturated rings. The Labute approximate surface area is 155 Å². The highest BCUT2D eigenvalue weighted by Crippen LogP contribution is 2.17. The molecule has 2 heterocycles. The lowest BCUT2D eigenvalue weighted by Gasteiger charge is -2.36. The number of sulfonamides is 1. The Morgan fingerprint density at radius 2 is 2.15 bits per heavy atom. The molecule has 144 valence electrons. The van der Waals surface area contributed by atoms with E-state index in [1.54, 1.807) is 13.1 Å². The Hall–Kier alpha value is -1.87. The van der Waals surface area contributed by atoms with Gasteiger partial charge in [0.2, 0.25) is 10.0 Å². The van der Waals surface area contributed by atoms with Crippen LogP contribution in [0.5, 0.6) is 0 Å². The van der Waals surface area contributed by atoms with Gasteiger partial charge in [-0.25, -0.2) is 8.42 Å². The molecule has 1 aliphatic carbocycles. The lowest BCUT2D eigenvalue weighted by atomic mass is 9.94. The molecule has 1 aliphatic heterocycles. The van der Waals surface area contributed by atoms with Crippen molar-refractivity contribution in [2.75, 3.05) is 39.8 Å². The van der Waals surface area contributed by atoms with Gasteiger partial charge in [0.25, 0.3) is 0 Å². The summed E-state index contributed by atoms with van der Waals surface area (Å²) < 4.78 is 31.3. The van der Waals surface area contributed by atoms with Crippen molar-refractivity contribution in [2.45, 2.75) is 25.0 Å². The van der Waals surface area contributed by atoms with Gasteiger partial charge in [-0.15, -0.1) is 0 Å². The zero-order valence-electron chi connectivity index (χ0n) is 15.2. The van der Waals surface area contributed by atoms with Gasteiger partial charge in [0.1, 0.15) is 12.0 Å². The molecule has 0 saturated carbocycles. The normalized spacial score (nSPS) is 22.6. The molecule has 0 radical (unpaired) electrons. The minimum Gasteiger partial charge on any atom is -0.364 e. The number of hydrogen-bond acceptors (Lipinski definition) is 5. The molecule has 1 aromatic rings. The molecule has 1 aromatic heterocycles. The third-order valence-corrected chi connectivity index (χ3v) is 6.70. The molecule has 1 N–H and O–H groups in total. The van der Waals surface area contributed by atoms with E-state index in [-0.39, 0.29) is 5.75 Å². The Morgan fingerprint density at radius 1 is 1.35 bits per heavy atom. The third-order valence-electron chi connectivity index (χ3n) is 4.89. The predicted molar refractivity (Wildman–Crippen MR) is 100 cm³/mol. The summed E-state index contributed by atoms with van der Waals surface area (Å²) in [6.45, 7) is 3.06. The Morgan fingerprint density at radius 3 is 2.77 bits per heavy atom. The highest BCUT2D eigenvalue weighted by atomic mass is 32.2. The molecule has 8 nitrogen and oxygen atoms in total. The maximum absolute atomic E-state index is 12.5. The average molecular weight is 382 g/mol. The fraction of sp³-hybridized carbons (Fsp3) is 0.647. The summed E-state index contributed by atoms with van der Waals surface area (Å²) in [4.78, 5) is 6.49. The van der Waals surface area contributed by atoms with E-state index in [1.807, 2.05) is 0 Å². The second-order valence-corrected chi connectivity index (χ2v) is 8.68. The van der Waals surface area contributed by atoms with Crippen molar-refractivity contribution in [3.05, 3.63) is 30.2 Å². The smallest absolute Gasteiger partial charge is 0.220 e. The molecule has 0 amide bonds. The van der Waals surface area contributed by atoms with Crippen LogP contribution in [-0.4, -0.2) is 68.5 Å². The monoisotopic (exact) mass is 381 g/mol. The largest absolute Gasteiger partial charge is 0.364 e. The molecule has 0 aromatic carbocycles. The highest BCUT2D eigenvalue weighted by Gasteiger charge is 2.29. The second-order valence-electron chi connectivity index (χ2n) is 6.71. The van der Waals surface area contributed by atoms with Gasteiger partial charge in [-0.05, 0) is 25.2 Å². The van der Waals surface area contributed by atoms with E-state index < -0.39 is 10.0 Å². The summed E-state index contributed by atoms with van der Waals surface area (Å²) in [5.41, 5.74) is 0.437. The first-order valence-corrected chi connectivity index (χ1v) is 10.7. The van der Waals surface area contributed by atoms with Crippen LogP contribution in [0, 0.1) is 5.92 Å². The molecular weight excluding hydrogens is 354 g/mol. The molecule has 2 aliphatic rings. The Bertz CT molecular complexity index is 722. The second kappa shape index (κ2) is 8.68. The molecular formula is C17H27N5O3S. The molecule has 1 atom stereocenters. The number of aliphatic imine (C=N–C) groups is 1. The summed E-state index contributed by atoms with van der Waals surface area (Å²) in [5.74, 6) is 1.38. The zero-order chi connectivity index (χ0) is 18.4. The molecule has 0 spiro atoms. The maximum Gasteiger partial charge on any atom is 0.220 e. The van der Waals surface area contributed by atoms with Crippen LogP contribution < -0.4 is 5.32 Å². The van der Waals surface area contributed by atoms with Crippen LogP contribution in [0.4, 0.5) is 0 Å². The van der Waals surface area contributed by atoms with Crippen LogP contribution in [0.3, 0.4) is 0 Å². The van der Waals surface area contributed by atoms with E-state index in [0.717, 1.165) is 25.3 Å². The van der Waals surface area contributed by atoms with Crippen LogP contribution in [0.25, 0.3) is 0 Å². The highest BCUT2D eigenvalue weighted by molar-refractivity contribution is 7.88. The van der Waals surface area contributed by atoms with E-state index in [2.05, 4.69) is 32.5 Å². The third kappa shape index (κ3) is 4.85. The fourth-order valence-corrected chi connectivity index (χ4v) is 4.80. The van der Waals surface area contributed by atoms with Gasteiger partial charge >= 0.3 is 0 Å². The first-order chi connectivity index (χ1) is 12.6. The number of nitrogens with one attached hydrogen (secondary N) is 1. The lowest BCUT2D eigenvalue weighted by Crippen LogP contribution is -2.54. The number of allylic oxidation sites excluding steroid dienone is 2. The average Bonchev–Trinajstić information content (AvgIpc) is 3.16. The maximum atomic E-state index is 12.5. The van der Waals surface area contributed by atoms with Crippen LogP contribution in [-0.2, 0) is 15.8 Å². The zero-order valence-corrected chi connectivity index (χ0v) is 16.0. The van der Waals surface area contributed by atoms with Gasteiger partial charge in [0, 0.05) is 45.8 Å². The van der Waals surface area contributed by atoms with E-state index >= 15 is 0 Å². The number of hydrogen-bond donors (Lipinski definition) is 1. The fourth-order valence-electron chi connectivity index (χ4n) is 3.38. The van der Waals surface area contributed by atoms with Gasteiger partial charge in [0.05, 0.1) is 5.69 Å². The van der Waals surface area contributed by atoms with E-state index in [1.165, 1.54) is 17.0 Å². The molecule has 3 rings (SSSR count). The summed E-state index contributed by atoms with van der Waals surface area (Å²) in [6.07, 6.45) is 9.33. The van der Waals surface area contributed by atoms with Crippen molar-refractivity contribution in [3.63, 3.8) is 0 Å². The summed E-state index contributed by atoms with van der Waals surface area (Å²) in [7, 11) is -1.60. The van der Waals surface area contributed by atoms with Crippen molar-refractivity contribution in [3.8, 4) is 0 Å². The molecule has 9 heteroatoms. The Kier molecular flexibility index (Phi) is 6.31. The Balaban J connectivity index is 1.49. The topological polar surface area (TPSA) is 91.0 Å². The first kappa shape index (κ1) is 18.9. The molecule has 1 unspecified atom stereocenters. The lowest BCUT2D eigenvalue weighted by molar-refractivity contribution is 0.258. The number of aromatic nitrogens is 1. The van der Waals surface area contributed by atoms with Gasteiger partial charge in [-0.3, -0.25) is 4.99 Å². The van der Waals surface area contributed by atoms with E-state index in [9.17, 15) is 8.42 Å². The summed E-state index contributed by atoms with van der Waals surface area (Å²) in [5, 5.41) is 7.15. The van der Waals surface area contributed by atoms with Crippen molar-refractivity contribution >= 4 is 16.0 Å². The quantitative estimate of drug-likeness (QED) is 0.466. The summed E-state index contributed by atoms with van der Waals surface area (Å²) in [6, 6.07) is 1.58. The van der Waals surface area contributed by atoms with Crippen LogP contribution >= 0.6 is 0 Å². The minimum atomic E-state index is -3.38. The number of piperazine rings is 1. The molecule has 26 heavy (non-hydrogen) atoms. The van der Waals surface area contributed by atoms with Crippen molar-refractivity contribution < 1.29 is 12.9 Å². The minimum absolute atomic E-state index is 0.119. The first-order valence-electron chi connectivity index (χ1n) is 9.06. The SMILES string of the molecule is CN=C(NCC1CC=CCC1)N1CCN(S(=O)(=O)Cc2ccon2)CC1. The van der Waals surface area contributed by atoms with Crippen molar-refractivity contribution in [1.29, 1.82) is 0 Å². The van der Waals surface area contributed by atoms with Crippen molar-refractivity contribution in [1.82, 2.24) is 19.7 Å². The van der Waals surface area contributed by atoms with Crippen LogP contribution in [0.15, 0.2) is 34.0 Å². The van der Waals surface area contributed by atoms with Crippen LogP contribution in [0.1, 0.15) is 25.0 Å². The molecule has 1 saturated heterocycles. The number of rotatable bonds is 5. The van der Waals surface area contributed by atoms with E-state index in [0.29, 0.717) is 37.8 Å². The standard InChI is InChI=1S/C17H27N5O3S/c1-18-17(19-13-15-5-3-2-4-6-15)21-8-10-22(11-9-21)26(23,24)14-16-7-12-25-20-16/h2-3,7,12,15H,4-6,8-11,13-14H2,1H3,(H,18,19). The van der Waals surface area contributed by atoms with E-state index in [4.69, 9.17) is 4.52 Å². The number of nitrogens with zero attached hydrogens (tertiary/aromatic N) is 4.